The monoisotopic (exact) mass is 329 g/mol. The van der Waals surface area contributed by atoms with Crippen LogP contribution in [-0.4, -0.2) is 41.7 Å². The summed E-state index contributed by atoms with van der Waals surface area (Å²) in [5.74, 6) is -1.71. The fourth-order valence-corrected chi connectivity index (χ4v) is 1.81. The molecule has 1 aromatic carbocycles. The molecule has 0 aliphatic heterocycles. The lowest BCUT2D eigenvalue weighted by atomic mass is 10.1. The summed E-state index contributed by atoms with van der Waals surface area (Å²) in [6, 6.07) is 6.48. The van der Waals surface area contributed by atoms with Crippen LogP contribution in [-0.2, 0) is 22.3 Å². The Morgan fingerprint density at radius 2 is 1.96 bits per heavy atom. The van der Waals surface area contributed by atoms with Gasteiger partial charge in [0, 0.05) is 26.3 Å². The van der Waals surface area contributed by atoms with Gasteiger partial charge in [0.05, 0.1) is 0 Å². The van der Waals surface area contributed by atoms with Crippen LogP contribution in [0.2, 0.25) is 0 Å². The molecule has 0 radical (unpaired) electrons. The van der Waals surface area contributed by atoms with Crippen molar-refractivity contribution in [3.8, 4) is 11.4 Å². The average Bonchev–Trinajstić information content (AvgIpc) is 2.98. The van der Waals surface area contributed by atoms with Gasteiger partial charge < -0.3 is 14.2 Å². The van der Waals surface area contributed by atoms with Gasteiger partial charge in [-0.25, -0.2) is 0 Å². The Kier molecular flexibility index (Phi) is 4.99. The lowest BCUT2D eigenvalue weighted by Gasteiger charge is -2.16. The number of methoxy groups -OCH3 is 1. The Labute approximate surface area is 129 Å². The molecule has 0 unspecified atom stereocenters. The summed E-state index contributed by atoms with van der Waals surface area (Å²) in [6.45, 7) is 0.334. The molecular weight excluding hydrogens is 315 g/mol. The molecule has 0 bridgehead atoms. The fourth-order valence-electron chi connectivity index (χ4n) is 1.81. The van der Waals surface area contributed by atoms with Crippen LogP contribution in [0, 0.1) is 0 Å². The number of amides is 1. The number of nitrogens with zero attached hydrogens (tertiary/aromatic N) is 3. The Morgan fingerprint density at radius 3 is 2.48 bits per heavy atom. The minimum absolute atomic E-state index is 0.0162. The van der Waals surface area contributed by atoms with Gasteiger partial charge in [-0.3, -0.25) is 4.79 Å². The number of alkyl halides is 3. The van der Waals surface area contributed by atoms with Gasteiger partial charge in [-0.1, -0.05) is 29.4 Å². The molecule has 2 rings (SSSR count). The maximum absolute atomic E-state index is 12.4. The van der Waals surface area contributed by atoms with Crippen LogP contribution in [0.5, 0.6) is 0 Å². The molecule has 1 heterocycles. The summed E-state index contributed by atoms with van der Waals surface area (Å²) in [6.07, 6.45) is -4.67. The van der Waals surface area contributed by atoms with Crippen molar-refractivity contribution >= 4 is 5.91 Å². The summed E-state index contributed by atoms with van der Waals surface area (Å²) in [5.41, 5.74) is 1.19. The first-order chi connectivity index (χ1) is 10.8. The van der Waals surface area contributed by atoms with E-state index in [-0.39, 0.29) is 18.3 Å². The number of likely N-dealkylation sites (N-methyl/N-ethyl adjacent to an activating group) is 1. The van der Waals surface area contributed by atoms with Crippen LogP contribution in [0.25, 0.3) is 11.4 Å². The van der Waals surface area contributed by atoms with Crippen molar-refractivity contribution in [3.63, 3.8) is 0 Å². The zero-order valence-corrected chi connectivity index (χ0v) is 12.4. The molecule has 1 aromatic heterocycles. The quantitative estimate of drug-likeness (QED) is 0.842. The summed E-state index contributed by atoms with van der Waals surface area (Å²) in [7, 11) is 3.06. The van der Waals surface area contributed by atoms with Gasteiger partial charge in [0.2, 0.25) is 11.7 Å². The van der Waals surface area contributed by atoms with Gasteiger partial charge in [-0.15, -0.1) is 0 Å². The molecule has 0 fully saturated rings. The molecular formula is C14H14F3N3O3. The smallest absolute Gasteiger partial charge is 0.375 e. The second-order valence-corrected chi connectivity index (χ2v) is 4.80. The van der Waals surface area contributed by atoms with Gasteiger partial charge in [0.15, 0.2) is 0 Å². The van der Waals surface area contributed by atoms with E-state index in [0.29, 0.717) is 12.1 Å². The third kappa shape index (κ3) is 4.28. The highest BCUT2D eigenvalue weighted by Gasteiger charge is 2.38. The van der Waals surface area contributed by atoms with E-state index in [2.05, 4.69) is 14.7 Å². The van der Waals surface area contributed by atoms with Crippen LogP contribution >= 0.6 is 0 Å². The van der Waals surface area contributed by atoms with Crippen LogP contribution in [0.3, 0.4) is 0 Å². The minimum atomic E-state index is -4.67. The van der Waals surface area contributed by atoms with E-state index in [1.807, 2.05) is 0 Å². The summed E-state index contributed by atoms with van der Waals surface area (Å²) >= 11 is 0. The Hall–Kier alpha value is -2.42. The number of hydrogen-bond acceptors (Lipinski definition) is 5. The third-order valence-corrected chi connectivity index (χ3v) is 2.99. The zero-order valence-electron chi connectivity index (χ0n) is 12.4. The molecule has 1 amide bonds. The first kappa shape index (κ1) is 16.9. The van der Waals surface area contributed by atoms with Crippen molar-refractivity contribution in [2.45, 2.75) is 12.7 Å². The van der Waals surface area contributed by atoms with Crippen molar-refractivity contribution in [3.05, 3.63) is 35.7 Å². The molecule has 0 aliphatic carbocycles. The summed E-state index contributed by atoms with van der Waals surface area (Å²) < 4.78 is 46.2. The largest absolute Gasteiger partial charge is 0.471 e. The first-order valence-electron chi connectivity index (χ1n) is 6.54. The normalized spacial score (nSPS) is 11.5. The van der Waals surface area contributed by atoms with E-state index in [4.69, 9.17) is 4.74 Å². The van der Waals surface area contributed by atoms with Crippen molar-refractivity contribution in [1.82, 2.24) is 15.0 Å². The lowest BCUT2D eigenvalue weighted by Crippen LogP contribution is -2.29. The zero-order chi connectivity index (χ0) is 17.0. The number of aromatic nitrogens is 2. The molecule has 0 spiro atoms. The highest BCUT2D eigenvalue weighted by Crippen LogP contribution is 2.29. The predicted octanol–water partition coefficient (Wildman–Crippen LogP) is 2.36. The molecule has 0 saturated carbocycles. The number of carbonyl (C=O) groups excluding carboxylic acids is 1. The maximum Gasteiger partial charge on any atom is 0.471 e. The molecule has 0 saturated heterocycles. The lowest BCUT2D eigenvalue weighted by molar-refractivity contribution is -0.159. The molecule has 124 valence electrons. The maximum atomic E-state index is 12.4. The van der Waals surface area contributed by atoms with Crippen LogP contribution in [0.1, 0.15) is 11.5 Å². The van der Waals surface area contributed by atoms with Crippen LogP contribution in [0.4, 0.5) is 13.2 Å². The fraction of sp³-hybridized carbons (Fsp3) is 0.357. The second-order valence-electron chi connectivity index (χ2n) is 4.80. The van der Waals surface area contributed by atoms with E-state index in [0.717, 1.165) is 5.56 Å². The Balaban J connectivity index is 2.08. The SMILES string of the molecule is COCC(=O)N(C)Cc1ccc(-c2noc(C(F)(F)F)n2)cc1. The van der Waals surface area contributed by atoms with E-state index >= 15 is 0 Å². The highest BCUT2D eigenvalue weighted by molar-refractivity contribution is 5.77. The average molecular weight is 329 g/mol. The van der Waals surface area contributed by atoms with Crippen molar-refractivity contribution in [1.29, 1.82) is 0 Å². The van der Waals surface area contributed by atoms with Crippen molar-refractivity contribution in [2.75, 3.05) is 20.8 Å². The van der Waals surface area contributed by atoms with E-state index in [1.165, 1.54) is 12.0 Å². The van der Waals surface area contributed by atoms with Gasteiger partial charge in [-0.2, -0.15) is 18.2 Å². The minimum Gasteiger partial charge on any atom is -0.375 e. The number of ether oxygens (including phenoxy) is 1. The standard InChI is InChI=1S/C14H14F3N3O3/c1-20(11(21)8-22-2)7-9-3-5-10(6-4-9)12-18-13(23-19-12)14(15,16)17/h3-6H,7-8H2,1-2H3. The molecule has 6 nitrogen and oxygen atoms in total. The van der Waals surface area contributed by atoms with Crippen LogP contribution in [0.15, 0.2) is 28.8 Å². The first-order valence-corrected chi connectivity index (χ1v) is 6.54. The molecule has 0 N–H and O–H groups in total. The Bertz CT molecular complexity index is 668. The second kappa shape index (κ2) is 6.78. The number of halogens is 3. The van der Waals surface area contributed by atoms with E-state index in [1.54, 1.807) is 31.3 Å². The van der Waals surface area contributed by atoms with E-state index < -0.39 is 12.1 Å². The Morgan fingerprint density at radius 1 is 1.30 bits per heavy atom. The molecule has 2 aromatic rings. The summed E-state index contributed by atoms with van der Waals surface area (Å²) in [5, 5.41) is 3.31. The molecule has 0 atom stereocenters. The predicted molar refractivity (Wildman–Crippen MR) is 73.1 cm³/mol. The van der Waals surface area contributed by atoms with Gasteiger partial charge in [0.1, 0.15) is 6.61 Å². The van der Waals surface area contributed by atoms with Crippen LogP contribution < -0.4 is 0 Å². The van der Waals surface area contributed by atoms with E-state index in [9.17, 15) is 18.0 Å². The number of hydrogen-bond donors (Lipinski definition) is 0. The highest BCUT2D eigenvalue weighted by atomic mass is 19.4. The molecule has 23 heavy (non-hydrogen) atoms. The van der Waals surface area contributed by atoms with Gasteiger partial charge in [-0.05, 0) is 5.56 Å². The number of carbonyl (C=O) groups is 1. The topological polar surface area (TPSA) is 68.5 Å². The number of benzene rings is 1. The van der Waals surface area contributed by atoms with Gasteiger partial charge in [0.25, 0.3) is 0 Å². The molecule has 9 heteroatoms. The third-order valence-electron chi connectivity index (χ3n) is 2.99. The number of rotatable bonds is 5. The van der Waals surface area contributed by atoms with Crippen molar-refractivity contribution < 1.29 is 27.2 Å². The van der Waals surface area contributed by atoms with Crippen molar-refractivity contribution in [2.24, 2.45) is 0 Å². The molecule has 0 aliphatic rings. The summed E-state index contributed by atoms with van der Waals surface area (Å²) in [4.78, 5) is 16.4. The van der Waals surface area contributed by atoms with Gasteiger partial charge >= 0.3 is 12.1 Å².